The molecule has 3 aromatic carbocycles. The van der Waals surface area contributed by atoms with Gasteiger partial charge in [-0.05, 0) is 48.5 Å². The Labute approximate surface area is 157 Å². The largest absolute Gasteiger partial charge is 0.881 e. The molecular formula is C20H15AlNO4. The molecule has 127 valence electrons. The normalized spacial score (nSPS) is 10.5. The Bertz CT molecular complexity index is 981. The number of aromatic nitrogens is 1. The van der Waals surface area contributed by atoms with E-state index in [4.69, 9.17) is 16.7 Å². The number of para-hydroxylation sites is 3. The number of hydrogen-bond donors (Lipinski definition) is 0. The van der Waals surface area contributed by atoms with Crippen LogP contribution in [0.4, 0.5) is 0 Å². The van der Waals surface area contributed by atoms with E-state index in [2.05, 4.69) is 4.98 Å². The highest BCUT2D eigenvalue weighted by Gasteiger charge is 2.15. The first-order valence-corrected chi connectivity index (χ1v) is 9.02. The third-order valence-corrected chi connectivity index (χ3v) is 4.55. The minimum Gasteiger partial charge on any atom is -0.616 e. The van der Waals surface area contributed by atoms with Crippen LogP contribution < -0.4 is 12.3 Å². The second-order valence-electron chi connectivity index (χ2n) is 5.49. The van der Waals surface area contributed by atoms with E-state index < -0.39 is 15.9 Å². The topological polar surface area (TPSA) is 53.7 Å². The minimum atomic E-state index is -0.732. The van der Waals surface area contributed by atoms with Crippen LogP contribution in [-0.4, -0.2) is 28.0 Å². The summed E-state index contributed by atoms with van der Waals surface area (Å²) in [5.41, 5.74) is 2.37. The summed E-state index contributed by atoms with van der Waals surface area (Å²) in [6.07, 6.45) is 0. The number of hydrogen-bond acceptors (Lipinski definition) is 5. The van der Waals surface area contributed by atoms with Gasteiger partial charge in [0.1, 0.15) is 11.3 Å². The molecule has 5 nitrogen and oxygen atoms in total. The average molecular weight is 360 g/mol. The van der Waals surface area contributed by atoms with Crippen LogP contribution in [0.25, 0.3) is 22.6 Å². The van der Waals surface area contributed by atoms with Gasteiger partial charge in [0.25, 0.3) is 0 Å². The Balaban J connectivity index is 1.50. The molecule has 0 N–H and O–H groups in total. The molecule has 0 atom stereocenters. The lowest BCUT2D eigenvalue weighted by Gasteiger charge is -2.11. The Kier molecular flexibility index (Phi) is 4.78. The van der Waals surface area contributed by atoms with E-state index in [1.54, 1.807) is 7.11 Å². The molecule has 0 fully saturated rings. The van der Waals surface area contributed by atoms with Crippen LogP contribution in [0, 0.1) is 0 Å². The Morgan fingerprint density at radius 2 is 1.54 bits per heavy atom. The fourth-order valence-corrected chi connectivity index (χ4v) is 3.14. The van der Waals surface area contributed by atoms with Crippen molar-refractivity contribution >= 4 is 27.0 Å². The van der Waals surface area contributed by atoms with Gasteiger partial charge in [-0.1, -0.05) is 24.3 Å². The smallest absolute Gasteiger partial charge is 0.616 e. The molecule has 0 unspecified atom stereocenters. The summed E-state index contributed by atoms with van der Waals surface area (Å²) in [5.74, 6) is 2.74. The standard InChI is InChI=1S/C13H9NO2.C7H8O2.Al/c15-11-7-3-1-5-9(11)13-14-10-6-2-4-8-12(10)16-13;1-9-7-4-2-6(8)3-5-7;/h1-8,15H;2-5,8H,1H3;/q;;+2/p-2. The summed E-state index contributed by atoms with van der Waals surface area (Å²) in [4.78, 5) is 4.54. The molecule has 0 saturated carbocycles. The van der Waals surface area contributed by atoms with Gasteiger partial charge in [-0.25, -0.2) is 4.98 Å². The maximum atomic E-state index is 5.88. The zero-order valence-electron chi connectivity index (χ0n) is 14.1. The van der Waals surface area contributed by atoms with Gasteiger partial charge < -0.3 is 16.7 Å². The summed E-state index contributed by atoms with van der Waals surface area (Å²) in [5, 5.41) is 0. The molecule has 6 heteroatoms. The Morgan fingerprint density at radius 3 is 2.35 bits per heavy atom. The molecule has 26 heavy (non-hydrogen) atoms. The first kappa shape index (κ1) is 16.5. The lowest BCUT2D eigenvalue weighted by molar-refractivity contribution is 0.413. The Morgan fingerprint density at radius 1 is 0.808 bits per heavy atom. The van der Waals surface area contributed by atoms with Crippen LogP contribution in [-0.2, 0) is 0 Å². The zero-order chi connectivity index (χ0) is 17.8. The van der Waals surface area contributed by atoms with Crippen molar-refractivity contribution in [1.82, 2.24) is 4.98 Å². The molecule has 1 heterocycles. The van der Waals surface area contributed by atoms with Gasteiger partial charge in [0, 0.05) is 0 Å². The van der Waals surface area contributed by atoms with Gasteiger partial charge >= 0.3 is 15.9 Å². The summed E-state index contributed by atoms with van der Waals surface area (Å²) in [6.45, 7) is 0. The highest BCUT2D eigenvalue weighted by Crippen LogP contribution is 2.31. The molecule has 0 aliphatic heterocycles. The summed E-state index contributed by atoms with van der Waals surface area (Å²) in [6, 6.07) is 22.7. The van der Waals surface area contributed by atoms with Crippen LogP contribution in [0.1, 0.15) is 0 Å². The molecular weight excluding hydrogens is 345 g/mol. The van der Waals surface area contributed by atoms with Crippen LogP contribution in [0.5, 0.6) is 17.2 Å². The van der Waals surface area contributed by atoms with Gasteiger partial charge in [0.15, 0.2) is 5.58 Å². The number of oxazole rings is 1. The number of nitrogens with zero attached hydrogens (tertiary/aromatic N) is 1. The van der Waals surface area contributed by atoms with E-state index in [1.807, 2.05) is 72.8 Å². The van der Waals surface area contributed by atoms with E-state index in [0.29, 0.717) is 11.6 Å². The maximum absolute atomic E-state index is 5.88. The minimum absolute atomic E-state index is 0.533. The number of fused-ring (bicyclic) bond motifs is 1. The lowest BCUT2D eigenvalue weighted by atomic mass is 10.2. The van der Waals surface area contributed by atoms with Gasteiger partial charge in [-0.2, -0.15) is 0 Å². The van der Waals surface area contributed by atoms with E-state index in [9.17, 15) is 0 Å². The molecule has 0 aliphatic rings. The van der Waals surface area contributed by atoms with Crippen molar-refractivity contribution in [2.75, 3.05) is 7.11 Å². The van der Waals surface area contributed by atoms with Crippen LogP contribution >= 0.6 is 0 Å². The van der Waals surface area contributed by atoms with Crippen LogP contribution in [0.3, 0.4) is 0 Å². The average Bonchev–Trinajstić information content (AvgIpc) is 3.13. The van der Waals surface area contributed by atoms with E-state index in [1.165, 1.54) is 0 Å². The van der Waals surface area contributed by atoms with Gasteiger partial charge in [-0.15, -0.1) is 0 Å². The van der Waals surface area contributed by atoms with Gasteiger partial charge in [0.05, 0.1) is 24.2 Å². The summed E-state index contributed by atoms with van der Waals surface area (Å²) in [7, 11) is 1.63. The number of benzene rings is 3. The second-order valence-corrected chi connectivity index (χ2v) is 6.15. The maximum Gasteiger partial charge on any atom is 0.881 e. The summed E-state index contributed by atoms with van der Waals surface area (Å²) < 4.78 is 22.6. The fraction of sp³-hybridized carbons (Fsp3) is 0.0500. The third kappa shape index (κ3) is 3.52. The van der Waals surface area contributed by atoms with Crippen LogP contribution in [0.15, 0.2) is 77.2 Å². The van der Waals surface area contributed by atoms with E-state index >= 15 is 0 Å². The summed E-state index contributed by atoms with van der Waals surface area (Å²) >= 11 is -0.732. The SMILES string of the molecule is COc1ccc([O][Al][O]c2ccccc2-c2nc3ccccc3o2)cc1. The van der Waals surface area contributed by atoms with E-state index in [0.717, 1.165) is 28.2 Å². The van der Waals surface area contributed by atoms with Crippen molar-refractivity contribution in [3.63, 3.8) is 0 Å². The second kappa shape index (κ2) is 7.53. The molecule has 0 amide bonds. The van der Waals surface area contributed by atoms with Crippen molar-refractivity contribution in [2.45, 2.75) is 0 Å². The molecule has 0 aliphatic carbocycles. The molecule has 0 bridgehead atoms. The van der Waals surface area contributed by atoms with Crippen molar-refractivity contribution in [2.24, 2.45) is 0 Å². The predicted octanol–water partition coefficient (Wildman–Crippen LogP) is 4.50. The molecule has 4 aromatic rings. The lowest BCUT2D eigenvalue weighted by Crippen LogP contribution is -2.11. The first-order chi connectivity index (χ1) is 12.8. The van der Waals surface area contributed by atoms with Gasteiger partial charge in [-0.3, -0.25) is 0 Å². The molecule has 1 aromatic heterocycles. The number of ether oxygens (including phenoxy) is 1. The quantitative estimate of drug-likeness (QED) is 0.474. The van der Waals surface area contributed by atoms with Crippen molar-refractivity contribution in [1.29, 1.82) is 0 Å². The number of rotatable bonds is 6. The molecule has 0 saturated heterocycles. The monoisotopic (exact) mass is 360 g/mol. The zero-order valence-corrected chi connectivity index (χ0v) is 15.2. The molecule has 0 spiro atoms. The van der Waals surface area contributed by atoms with Crippen molar-refractivity contribution < 1.29 is 16.7 Å². The van der Waals surface area contributed by atoms with Crippen LogP contribution in [0.2, 0.25) is 0 Å². The van der Waals surface area contributed by atoms with Crippen molar-refractivity contribution in [3.05, 3.63) is 72.8 Å². The number of methoxy groups -OCH3 is 1. The Hall–Kier alpha value is -2.94. The highest BCUT2D eigenvalue weighted by atomic mass is 27.2. The third-order valence-electron chi connectivity index (χ3n) is 3.83. The van der Waals surface area contributed by atoms with Crippen molar-refractivity contribution in [3.8, 4) is 28.7 Å². The highest BCUT2D eigenvalue weighted by molar-refractivity contribution is 6.21. The van der Waals surface area contributed by atoms with Gasteiger partial charge in [0.2, 0.25) is 5.89 Å². The molecule has 1 radical (unpaired) electrons. The van der Waals surface area contributed by atoms with E-state index in [-0.39, 0.29) is 0 Å². The molecule has 4 rings (SSSR count). The predicted molar refractivity (Wildman–Crippen MR) is 99.4 cm³/mol. The first-order valence-electron chi connectivity index (χ1n) is 8.07. The fourth-order valence-electron chi connectivity index (χ4n) is 2.52.